The maximum Gasteiger partial charge on any atom is 0.411 e. The SMILES string of the molecule is CC(=O)N[C@@H]1C[C@@H](C(=O)N(C)c2ccc(F)cc2)N(C(=O)OC(C)(C)C)C1. The molecule has 2 atom stereocenters. The molecule has 1 fully saturated rings. The number of hydrogen-bond acceptors (Lipinski definition) is 4. The zero-order valence-corrected chi connectivity index (χ0v) is 16.3. The molecule has 0 spiro atoms. The summed E-state index contributed by atoms with van der Waals surface area (Å²) in [7, 11) is 1.56. The Kier molecular flexibility index (Phi) is 6.08. The Balaban J connectivity index is 2.22. The van der Waals surface area contributed by atoms with E-state index in [1.54, 1.807) is 27.8 Å². The number of hydrogen-bond donors (Lipinski definition) is 1. The molecule has 2 rings (SSSR count). The largest absolute Gasteiger partial charge is 0.444 e. The van der Waals surface area contributed by atoms with Crippen LogP contribution in [0.5, 0.6) is 0 Å². The molecule has 7 nitrogen and oxygen atoms in total. The molecule has 0 unspecified atom stereocenters. The third-order valence-corrected chi connectivity index (χ3v) is 4.17. The summed E-state index contributed by atoms with van der Waals surface area (Å²) in [6, 6.07) is 4.38. The fourth-order valence-corrected chi connectivity index (χ4v) is 3.00. The van der Waals surface area contributed by atoms with Gasteiger partial charge in [-0.25, -0.2) is 9.18 Å². The molecule has 8 heteroatoms. The Bertz CT molecular complexity index is 715. The van der Waals surface area contributed by atoms with E-state index < -0.39 is 23.6 Å². The Labute approximate surface area is 158 Å². The summed E-state index contributed by atoms with van der Waals surface area (Å²) in [6.45, 7) is 6.80. The normalized spacial score (nSPS) is 19.6. The fourth-order valence-electron chi connectivity index (χ4n) is 3.00. The molecule has 0 aliphatic carbocycles. The zero-order valence-electron chi connectivity index (χ0n) is 16.3. The highest BCUT2D eigenvalue weighted by molar-refractivity contribution is 5.98. The van der Waals surface area contributed by atoms with Crippen molar-refractivity contribution in [3.63, 3.8) is 0 Å². The molecule has 0 aromatic heterocycles. The summed E-state index contributed by atoms with van der Waals surface area (Å²) in [5, 5.41) is 2.75. The number of carbonyl (C=O) groups excluding carboxylic acids is 3. The van der Waals surface area contributed by atoms with E-state index in [9.17, 15) is 18.8 Å². The summed E-state index contributed by atoms with van der Waals surface area (Å²) in [5.74, 6) is -0.967. The number of ether oxygens (including phenoxy) is 1. The maximum absolute atomic E-state index is 13.1. The Morgan fingerprint density at radius 1 is 1.22 bits per heavy atom. The quantitative estimate of drug-likeness (QED) is 0.874. The van der Waals surface area contributed by atoms with Gasteiger partial charge >= 0.3 is 6.09 Å². The van der Waals surface area contributed by atoms with Crippen LogP contribution in [0.15, 0.2) is 24.3 Å². The van der Waals surface area contributed by atoms with Crippen LogP contribution in [0.1, 0.15) is 34.1 Å². The van der Waals surface area contributed by atoms with Crippen molar-refractivity contribution >= 4 is 23.6 Å². The molecule has 27 heavy (non-hydrogen) atoms. The van der Waals surface area contributed by atoms with Crippen molar-refractivity contribution in [3.05, 3.63) is 30.1 Å². The third kappa shape index (κ3) is 5.42. The molecule has 0 radical (unpaired) electrons. The first-order valence-corrected chi connectivity index (χ1v) is 8.78. The lowest BCUT2D eigenvalue weighted by molar-refractivity contribution is -0.123. The highest BCUT2D eigenvalue weighted by Crippen LogP contribution is 2.25. The van der Waals surface area contributed by atoms with Crippen molar-refractivity contribution in [2.24, 2.45) is 0 Å². The number of likely N-dealkylation sites (N-methyl/N-ethyl adjacent to an activating group) is 1. The highest BCUT2D eigenvalue weighted by Gasteiger charge is 2.43. The Hall–Kier alpha value is -2.64. The molecule has 1 aliphatic rings. The van der Waals surface area contributed by atoms with Gasteiger partial charge in [0.05, 0.1) is 0 Å². The average molecular weight is 379 g/mol. The number of nitrogens with one attached hydrogen (secondary N) is 1. The lowest BCUT2D eigenvalue weighted by Gasteiger charge is -2.30. The topological polar surface area (TPSA) is 79.0 Å². The molecule has 1 heterocycles. The summed E-state index contributed by atoms with van der Waals surface area (Å²) in [4.78, 5) is 39.7. The average Bonchev–Trinajstić information content (AvgIpc) is 2.96. The Morgan fingerprint density at radius 2 is 1.81 bits per heavy atom. The summed E-state index contributed by atoms with van der Waals surface area (Å²) < 4.78 is 18.5. The van der Waals surface area contributed by atoms with E-state index in [-0.39, 0.29) is 30.8 Å². The van der Waals surface area contributed by atoms with Crippen molar-refractivity contribution < 1.29 is 23.5 Å². The van der Waals surface area contributed by atoms with Crippen LogP contribution in [0.4, 0.5) is 14.9 Å². The van der Waals surface area contributed by atoms with E-state index in [4.69, 9.17) is 4.74 Å². The van der Waals surface area contributed by atoms with Crippen LogP contribution >= 0.6 is 0 Å². The summed E-state index contributed by atoms with van der Waals surface area (Å²) in [6.07, 6.45) is -0.329. The second kappa shape index (κ2) is 7.94. The van der Waals surface area contributed by atoms with E-state index >= 15 is 0 Å². The number of carbonyl (C=O) groups is 3. The molecular formula is C19H26FN3O4. The predicted molar refractivity (Wildman–Crippen MR) is 98.8 cm³/mol. The fraction of sp³-hybridized carbons (Fsp3) is 0.526. The van der Waals surface area contributed by atoms with Gasteiger partial charge in [0, 0.05) is 32.2 Å². The van der Waals surface area contributed by atoms with Crippen molar-refractivity contribution in [1.29, 1.82) is 0 Å². The molecule has 148 valence electrons. The third-order valence-electron chi connectivity index (χ3n) is 4.17. The lowest BCUT2D eigenvalue weighted by Crippen LogP contribution is -2.48. The molecule has 1 aromatic carbocycles. The number of amides is 3. The van der Waals surface area contributed by atoms with Gasteiger partial charge < -0.3 is 15.0 Å². The number of halogens is 1. The van der Waals surface area contributed by atoms with Crippen LogP contribution in [-0.2, 0) is 14.3 Å². The van der Waals surface area contributed by atoms with Crippen molar-refractivity contribution in [2.45, 2.75) is 51.8 Å². The van der Waals surface area contributed by atoms with Gasteiger partial charge in [-0.1, -0.05) is 0 Å². The second-order valence-corrected chi connectivity index (χ2v) is 7.66. The monoisotopic (exact) mass is 379 g/mol. The van der Waals surface area contributed by atoms with Gasteiger partial charge in [0.1, 0.15) is 17.5 Å². The molecule has 0 bridgehead atoms. The number of nitrogens with zero attached hydrogens (tertiary/aromatic N) is 2. The van der Waals surface area contributed by atoms with Gasteiger partial charge in [-0.05, 0) is 51.5 Å². The number of benzene rings is 1. The summed E-state index contributed by atoms with van der Waals surface area (Å²) >= 11 is 0. The van der Waals surface area contributed by atoms with Gasteiger partial charge in [0.2, 0.25) is 11.8 Å². The molecule has 1 aromatic rings. The van der Waals surface area contributed by atoms with Crippen LogP contribution in [0.25, 0.3) is 0 Å². The standard InChI is InChI=1S/C19H26FN3O4/c1-12(24)21-14-10-16(23(11-14)18(26)27-19(2,3)4)17(25)22(5)15-8-6-13(20)7-9-15/h6-9,14,16H,10-11H2,1-5H3,(H,21,24)/t14-,16+/m1/s1. The second-order valence-electron chi connectivity index (χ2n) is 7.66. The first-order chi connectivity index (χ1) is 12.5. The van der Waals surface area contributed by atoms with E-state index in [1.807, 2.05) is 0 Å². The molecular weight excluding hydrogens is 353 g/mol. The van der Waals surface area contributed by atoms with Crippen molar-refractivity contribution in [1.82, 2.24) is 10.2 Å². The minimum atomic E-state index is -0.785. The molecule has 1 saturated heterocycles. The van der Waals surface area contributed by atoms with Crippen LogP contribution in [0.2, 0.25) is 0 Å². The predicted octanol–water partition coefficient (Wildman–Crippen LogP) is 2.30. The minimum absolute atomic E-state index is 0.183. The lowest BCUT2D eigenvalue weighted by atomic mass is 10.1. The van der Waals surface area contributed by atoms with E-state index in [0.29, 0.717) is 5.69 Å². The van der Waals surface area contributed by atoms with Crippen molar-refractivity contribution in [3.8, 4) is 0 Å². The maximum atomic E-state index is 13.1. The minimum Gasteiger partial charge on any atom is -0.444 e. The van der Waals surface area contributed by atoms with Crippen LogP contribution in [-0.4, -0.2) is 54.1 Å². The van der Waals surface area contributed by atoms with Gasteiger partial charge in [-0.2, -0.15) is 0 Å². The Morgan fingerprint density at radius 3 is 2.33 bits per heavy atom. The number of anilines is 1. The molecule has 1 N–H and O–H groups in total. The van der Waals surface area contributed by atoms with Crippen LogP contribution in [0.3, 0.4) is 0 Å². The summed E-state index contributed by atoms with van der Waals surface area (Å²) in [5.41, 5.74) is -0.201. The smallest absolute Gasteiger partial charge is 0.411 e. The highest BCUT2D eigenvalue weighted by atomic mass is 19.1. The van der Waals surface area contributed by atoms with Crippen molar-refractivity contribution in [2.75, 3.05) is 18.5 Å². The van der Waals surface area contributed by atoms with Gasteiger partial charge in [-0.3, -0.25) is 14.5 Å². The van der Waals surface area contributed by atoms with Crippen LogP contribution < -0.4 is 10.2 Å². The first kappa shape index (κ1) is 20.7. The zero-order chi connectivity index (χ0) is 20.4. The van der Waals surface area contributed by atoms with E-state index in [2.05, 4.69) is 5.32 Å². The molecule has 0 saturated carbocycles. The molecule has 1 aliphatic heterocycles. The number of rotatable bonds is 3. The first-order valence-electron chi connectivity index (χ1n) is 8.78. The van der Waals surface area contributed by atoms with Gasteiger partial charge in [0.15, 0.2) is 0 Å². The van der Waals surface area contributed by atoms with Gasteiger partial charge in [-0.15, -0.1) is 0 Å². The molecule has 3 amide bonds. The van der Waals surface area contributed by atoms with E-state index in [1.165, 1.54) is 41.0 Å². The van der Waals surface area contributed by atoms with Gasteiger partial charge in [0.25, 0.3) is 0 Å². The van der Waals surface area contributed by atoms with E-state index in [0.717, 1.165) is 0 Å². The number of likely N-dealkylation sites (tertiary alicyclic amines) is 1. The van der Waals surface area contributed by atoms with Crippen LogP contribution in [0, 0.1) is 5.82 Å².